The van der Waals surface area contributed by atoms with E-state index < -0.39 is 24.0 Å². The highest BCUT2D eigenvalue weighted by Crippen LogP contribution is 2.32. The molecule has 0 bridgehead atoms. The molecule has 0 fully saturated rings. The molecule has 2 aromatic rings. The standard InChI is InChI=1S/C24H28N2O6/c1-14(2)21(26-23(28)17-7-5-15(3)6-8-17)24(29)32-16(4)22(27)25-18-9-10-19-20(13-18)31-12-11-30-19/h5-10,13-14,16,21H,11-12H2,1-4H3,(H,25,27)(H,26,28)/t16-,21+/m0/s1. The smallest absolute Gasteiger partial charge is 0.329 e. The van der Waals surface area contributed by atoms with Crippen LogP contribution in [0.3, 0.4) is 0 Å². The minimum atomic E-state index is -1.06. The summed E-state index contributed by atoms with van der Waals surface area (Å²) in [4.78, 5) is 37.8. The molecular formula is C24H28N2O6. The maximum Gasteiger partial charge on any atom is 0.329 e. The molecule has 1 aliphatic rings. The van der Waals surface area contributed by atoms with E-state index in [0.717, 1.165) is 5.56 Å². The Morgan fingerprint density at radius 2 is 1.59 bits per heavy atom. The van der Waals surface area contributed by atoms with Gasteiger partial charge in [0.1, 0.15) is 19.3 Å². The van der Waals surface area contributed by atoms with Crippen LogP contribution in [0.25, 0.3) is 0 Å². The Labute approximate surface area is 187 Å². The molecule has 0 saturated carbocycles. The zero-order valence-corrected chi connectivity index (χ0v) is 18.6. The van der Waals surface area contributed by atoms with Gasteiger partial charge >= 0.3 is 5.97 Å². The third kappa shape index (κ3) is 5.78. The zero-order chi connectivity index (χ0) is 23.3. The summed E-state index contributed by atoms with van der Waals surface area (Å²) in [7, 11) is 0. The summed E-state index contributed by atoms with van der Waals surface area (Å²) in [5, 5.41) is 5.40. The van der Waals surface area contributed by atoms with Crippen molar-refractivity contribution < 1.29 is 28.6 Å². The molecule has 0 spiro atoms. The van der Waals surface area contributed by atoms with Crippen molar-refractivity contribution in [2.45, 2.75) is 39.8 Å². The molecule has 2 amide bonds. The number of benzene rings is 2. The number of hydrogen-bond donors (Lipinski definition) is 2. The first-order chi connectivity index (χ1) is 15.2. The fraction of sp³-hybridized carbons (Fsp3) is 0.375. The van der Waals surface area contributed by atoms with Crippen molar-refractivity contribution in [1.82, 2.24) is 5.32 Å². The lowest BCUT2D eigenvalue weighted by molar-refractivity contribution is -0.156. The number of aryl methyl sites for hydroxylation is 1. The molecule has 0 unspecified atom stereocenters. The first-order valence-corrected chi connectivity index (χ1v) is 10.5. The van der Waals surface area contributed by atoms with Gasteiger partial charge in [-0.1, -0.05) is 31.5 Å². The molecule has 170 valence electrons. The van der Waals surface area contributed by atoms with Crippen LogP contribution in [0.5, 0.6) is 11.5 Å². The number of rotatable bonds is 7. The second-order valence-corrected chi connectivity index (χ2v) is 7.99. The molecule has 1 aliphatic heterocycles. The second-order valence-electron chi connectivity index (χ2n) is 7.99. The highest BCUT2D eigenvalue weighted by molar-refractivity contribution is 5.98. The quantitative estimate of drug-likeness (QED) is 0.642. The predicted octanol–water partition coefficient (Wildman–Crippen LogP) is 3.09. The van der Waals surface area contributed by atoms with Gasteiger partial charge in [0, 0.05) is 17.3 Å². The highest BCUT2D eigenvalue weighted by Gasteiger charge is 2.29. The van der Waals surface area contributed by atoms with Gasteiger partial charge in [0.2, 0.25) is 0 Å². The Kier molecular flexibility index (Phi) is 7.35. The average Bonchev–Trinajstić information content (AvgIpc) is 2.77. The average molecular weight is 440 g/mol. The summed E-state index contributed by atoms with van der Waals surface area (Å²) >= 11 is 0. The summed E-state index contributed by atoms with van der Waals surface area (Å²) in [6.07, 6.45) is -1.06. The summed E-state index contributed by atoms with van der Waals surface area (Å²) in [6.45, 7) is 7.90. The van der Waals surface area contributed by atoms with Crippen molar-refractivity contribution in [3.05, 3.63) is 53.6 Å². The molecule has 8 heteroatoms. The van der Waals surface area contributed by atoms with Crippen LogP contribution >= 0.6 is 0 Å². The summed E-state index contributed by atoms with van der Waals surface area (Å²) < 4.78 is 16.3. The number of ether oxygens (including phenoxy) is 3. The van der Waals surface area contributed by atoms with E-state index in [9.17, 15) is 14.4 Å². The van der Waals surface area contributed by atoms with E-state index in [2.05, 4.69) is 10.6 Å². The van der Waals surface area contributed by atoms with Gasteiger partial charge in [-0.2, -0.15) is 0 Å². The summed E-state index contributed by atoms with van der Waals surface area (Å²) in [5.41, 5.74) is 1.97. The Balaban J connectivity index is 1.59. The van der Waals surface area contributed by atoms with Crippen LogP contribution in [0.2, 0.25) is 0 Å². The SMILES string of the molecule is Cc1ccc(C(=O)N[C@@H](C(=O)O[C@@H](C)C(=O)Nc2ccc3c(c2)OCCO3)C(C)C)cc1. The van der Waals surface area contributed by atoms with E-state index in [1.165, 1.54) is 6.92 Å². The van der Waals surface area contributed by atoms with Crippen LogP contribution in [-0.4, -0.2) is 43.1 Å². The first kappa shape index (κ1) is 23.1. The third-order valence-electron chi connectivity index (χ3n) is 4.99. The van der Waals surface area contributed by atoms with Gasteiger partial charge in [0.25, 0.3) is 11.8 Å². The predicted molar refractivity (Wildman–Crippen MR) is 119 cm³/mol. The van der Waals surface area contributed by atoms with Crippen LogP contribution < -0.4 is 20.1 Å². The van der Waals surface area contributed by atoms with Gasteiger partial charge < -0.3 is 24.8 Å². The molecular weight excluding hydrogens is 412 g/mol. The van der Waals surface area contributed by atoms with Crippen molar-refractivity contribution >= 4 is 23.5 Å². The van der Waals surface area contributed by atoms with Crippen molar-refractivity contribution in [1.29, 1.82) is 0 Å². The zero-order valence-electron chi connectivity index (χ0n) is 18.6. The van der Waals surface area contributed by atoms with Crippen molar-refractivity contribution in [2.75, 3.05) is 18.5 Å². The molecule has 0 aliphatic carbocycles. The number of esters is 1. The van der Waals surface area contributed by atoms with E-state index in [-0.39, 0.29) is 11.8 Å². The molecule has 8 nitrogen and oxygen atoms in total. The Morgan fingerprint density at radius 3 is 2.25 bits per heavy atom. The molecule has 2 N–H and O–H groups in total. The largest absolute Gasteiger partial charge is 0.486 e. The Morgan fingerprint density at radius 1 is 0.938 bits per heavy atom. The molecule has 0 aromatic heterocycles. The van der Waals surface area contributed by atoms with Gasteiger partial charge in [-0.25, -0.2) is 4.79 Å². The Hall–Kier alpha value is -3.55. The van der Waals surface area contributed by atoms with E-state index in [4.69, 9.17) is 14.2 Å². The van der Waals surface area contributed by atoms with Crippen molar-refractivity contribution in [2.24, 2.45) is 5.92 Å². The number of nitrogens with one attached hydrogen (secondary N) is 2. The van der Waals surface area contributed by atoms with E-state index in [1.54, 1.807) is 44.2 Å². The normalized spacial score (nSPS) is 14.3. The number of carbonyl (C=O) groups excluding carboxylic acids is 3. The molecule has 32 heavy (non-hydrogen) atoms. The van der Waals surface area contributed by atoms with Crippen molar-refractivity contribution in [3.63, 3.8) is 0 Å². The van der Waals surface area contributed by atoms with Gasteiger partial charge in [-0.05, 0) is 44.0 Å². The van der Waals surface area contributed by atoms with E-state index >= 15 is 0 Å². The Bertz CT molecular complexity index is 986. The minimum absolute atomic E-state index is 0.232. The van der Waals surface area contributed by atoms with Crippen molar-refractivity contribution in [3.8, 4) is 11.5 Å². The molecule has 2 aromatic carbocycles. The van der Waals surface area contributed by atoms with Gasteiger partial charge in [0.05, 0.1) is 0 Å². The molecule has 0 saturated heterocycles. The van der Waals surface area contributed by atoms with Gasteiger partial charge in [-0.15, -0.1) is 0 Å². The van der Waals surface area contributed by atoms with Crippen LogP contribution in [-0.2, 0) is 14.3 Å². The fourth-order valence-electron chi connectivity index (χ4n) is 3.09. The maximum absolute atomic E-state index is 12.7. The molecule has 3 rings (SSSR count). The number of hydrogen-bond acceptors (Lipinski definition) is 6. The molecule has 1 heterocycles. The lowest BCUT2D eigenvalue weighted by atomic mass is 10.0. The summed E-state index contributed by atoms with van der Waals surface area (Å²) in [6, 6.07) is 11.2. The number of fused-ring (bicyclic) bond motifs is 1. The fourth-order valence-corrected chi connectivity index (χ4v) is 3.09. The number of anilines is 1. The lowest BCUT2D eigenvalue weighted by Gasteiger charge is -2.23. The lowest BCUT2D eigenvalue weighted by Crippen LogP contribution is -2.47. The molecule has 2 atom stereocenters. The maximum atomic E-state index is 12.7. The van der Waals surface area contributed by atoms with Crippen LogP contribution in [0.4, 0.5) is 5.69 Å². The summed E-state index contributed by atoms with van der Waals surface area (Å²) in [5.74, 6) is -0.637. The number of carbonyl (C=O) groups is 3. The van der Waals surface area contributed by atoms with Gasteiger partial charge in [0.15, 0.2) is 17.6 Å². The third-order valence-corrected chi connectivity index (χ3v) is 4.99. The van der Waals surface area contributed by atoms with Crippen LogP contribution in [0.15, 0.2) is 42.5 Å². The van der Waals surface area contributed by atoms with Crippen LogP contribution in [0, 0.1) is 12.8 Å². The van der Waals surface area contributed by atoms with E-state index in [1.807, 2.05) is 19.1 Å². The van der Waals surface area contributed by atoms with E-state index in [0.29, 0.717) is 36.0 Å². The minimum Gasteiger partial charge on any atom is -0.486 e. The monoisotopic (exact) mass is 440 g/mol. The van der Waals surface area contributed by atoms with Gasteiger partial charge in [-0.3, -0.25) is 9.59 Å². The second kappa shape index (κ2) is 10.2. The molecule has 0 radical (unpaired) electrons. The topological polar surface area (TPSA) is 103 Å². The number of amides is 2. The first-order valence-electron chi connectivity index (χ1n) is 10.5. The highest BCUT2D eigenvalue weighted by atomic mass is 16.6. The van der Waals surface area contributed by atoms with Crippen LogP contribution in [0.1, 0.15) is 36.7 Å².